The van der Waals surface area contributed by atoms with Gasteiger partial charge in [0.1, 0.15) is 30.0 Å². The summed E-state index contributed by atoms with van der Waals surface area (Å²) in [5.41, 5.74) is 1.75. The zero-order valence-electron chi connectivity index (χ0n) is 27.9. The van der Waals surface area contributed by atoms with Crippen LogP contribution in [0.1, 0.15) is 58.1 Å². The second kappa shape index (κ2) is 15.9. The van der Waals surface area contributed by atoms with E-state index in [1.807, 2.05) is 87.4 Å². The summed E-state index contributed by atoms with van der Waals surface area (Å²) in [5.74, 6) is -0.732. The molecule has 5 rings (SSSR count). The average Bonchev–Trinajstić information content (AvgIpc) is 3.45. The van der Waals surface area contributed by atoms with Crippen molar-refractivity contribution in [1.29, 1.82) is 0 Å². The Balaban J connectivity index is 1.67. The van der Waals surface area contributed by atoms with Gasteiger partial charge in [-0.15, -0.1) is 0 Å². The fourth-order valence-corrected chi connectivity index (χ4v) is 6.02. The summed E-state index contributed by atoms with van der Waals surface area (Å²) in [6.45, 7) is 8.30. The summed E-state index contributed by atoms with van der Waals surface area (Å²) in [5, 5.41) is 8.80. The van der Waals surface area contributed by atoms with Crippen LogP contribution in [0.3, 0.4) is 0 Å². The maximum atomic E-state index is 14.4. The highest BCUT2D eigenvalue weighted by Gasteiger charge is 2.47. The molecule has 0 aromatic heterocycles. The summed E-state index contributed by atoms with van der Waals surface area (Å²) in [4.78, 5) is 59.0. The first kappa shape index (κ1) is 34.7. The Hall–Kier alpha value is -4.18. The quantitative estimate of drug-likeness (QED) is 0.370. The van der Waals surface area contributed by atoms with E-state index in [0.717, 1.165) is 11.1 Å². The zero-order chi connectivity index (χ0) is 33.4. The summed E-state index contributed by atoms with van der Waals surface area (Å²) in [6.07, 6.45) is 4.65. The number of likely N-dealkylation sites (N-methyl/N-ethyl adjacent to an activating group) is 1. The first-order valence-corrected chi connectivity index (χ1v) is 16.3. The predicted octanol–water partition coefficient (Wildman–Crippen LogP) is 3.37. The van der Waals surface area contributed by atoms with Crippen LogP contribution in [0.4, 0.5) is 0 Å². The molecule has 3 heterocycles. The summed E-state index contributed by atoms with van der Waals surface area (Å²) < 4.78 is 6.36. The fourth-order valence-electron chi connectivity index (χ4n) is 6.02. The Labute approximate surface area is 272 Å². The third-order valence-electron chi connectivity index (χ3n) is 8.88. The molecule has 2 bridgehead atoms. The predicted molar refractivity (Wildman–Crippen MR) is 179 cm³/mol. The topological polar surface area (TPSA) is 120 Å². The third kappa shape index (κ3) is 8.75. The molecule has 46 heavy (non-hydrogen) atoms. The number of hydrogen-bond donors (Lipinski definition) is 3. The van der Waals surface area contributed by atoms with Crippen LogP contribution in [0.15, 0.2) is 60.8 Å². The van der Waals surface area contributed by atoms with Crippen molar-refractivity contribution in [2.75, 3.05) is 20.6 Å². The van der Waals surface area contributed by atoms with Gasteiger partial charge in [-0.2, -0.15) is 0 Å². The first-order valence-electron chi connectivity index (χ1n) is 16.3. The van der Waals surface area contributed by atoms with Crippen molar-refractivity contribution < 1.29 is 23.9 Å². The molecule has 6 atom stereocenters. The van der Waals surface area contributed by atoms with Crippen LogP contribution < -0.4 is 20.7 Å². The molecule has 0 spiro atoms. The summed E-state index contributed by atoms with van der Waals surface area (Å²) in [6, 6.07) is 13.7. The third-order valence-corrected chi connectivity index (χ3v) is 8.88. The van der Waals surface area contributed by atoms with Crippen molar-refractivity contribution in [2.45, 2.75) is 83.6 Å². The molecule has 4 amide bonds. The van der Waals surface area contributed by atoms with E-state index in [1.165, 1.54) is 4.90 Å². The lowest BCUT2D eigenvalue weighted by atomic mass is 9.95. The van der Waals surface area contributed by atoms with Gasteiger partial charge >= 0.3 is 0 Å². The number of likely N-dealkylation sites (tertiary alicyclic amines) is 1. The Morgan fingerprint density at radius 2 is 1.72 bits per heavy atom. The number of carbonyl (C=O) groups excluding carboxylic acids is 4. The number of carbonyl (C=O) groups is 4. The Morgan fingerprint density at radius 3 is 2.35 bits per heavy atom. The van der Waals surface area contributed by atoms with Crippen LogP contribution in [-0.2, 0) is 25.6 Å². The van der Waals surface area contributed by atoms with Crippen LogP contribution in [0.25, 0.3) is 6.08 Å². The molecule has 3 aliphatic heterocycles. The van der Waals surface area contributed by atoms with Crippen LogP contribution in [-0.4, -0.2) is 84.3 Å². The lowest BCUT2D eigenvalue weighted by Gasteiger charge is -2.34. The number of nitrogens with one attached hydrogen (secondary N) is 3. The van der Waals surface area contributed by atoms with Crippen molar-refractivity contribution in [3.05, 3.63) is 71.9 Å². The maximum Gasteiger partial charge on any atom is 0.247 e. The van der Waals surface area contributed by atoms with Gasteiger partial charge in [0.25, 0.3) is 0 Å². The van der Waals surface area contributed by atoms with Crippen molar-refractivity contribution in [3.8, 4) is 5.75 Å². The summed E-state index contributed by atoms with van der Waals surface area (Å²) >= 11 is 0. The van der Waals surface area contributed by atoms with Crippen LogP contribution in [0, 0.1) is 11.8 Å². The molecule has 3 aliphatic rings. The van der Waals surface area contributed by atoms with E-state index in [1.54, 1.807) is 12.3 Å². The minimum absolute atomic E-state index is 0.184. The molecule has 2 aromatic rings. The first-order chi connectivity index (χ1) is 22.0. The van der Waals surface area contributed by atoms with Gasteiger partial charge in [-0.3, -0.25) is 24.1 Å². The van der Waals surface area contributed by atoms with Gasteiger partial charge in [0.15, 0.2) is 0 Å². The molecular formula is C36H49N5O5. The van der Waals surface area contributed by atoms with E-state index in [-0.39, 0.29) is 42.5 Å². The number of benzene rings is 2. The van der Waals surface area contributed by atoms with Crippen molar-refractivity contribution >= 4 is 29.7 Å². The second-order valence-corrected chi connectivity index (χ2v) is 13.1. The standard InChI is InChI=1S/C36H49N5O5/c1-7-24(4)31(39-34(43)29(40(5)6)21-23(2)3)36(45)41-20-18-30-32(41)35(44)38-28(22-26-11-9-8-10-12-26)33(42)37-19-17-25-13-15-27(46-30)16-14-25/h8-17,19,23-24,28-32H,7,18,20-22H2,1-6H3,(H,37,42)(H,38,44)(H,39,43)/b19-17-/t24-,28+,29-,30-,31+,32-/m0/s1. The largest absolute Gasteiger partial charge is 0.488 e. The number of amides is 4. The van der Waals surface area contributed by atoms with Gasteiger partial charge in [0.2, 0.25) is 23.6 Å². The summed E-state index contributed by atoms with van der Waals surface area (Å²) in [7, 11) is 3.72. The number of ether oxygens (including phenoxy) is 1. The second-order valence-electron chi connectivity index (χ2n) is 13.1. The molecule has 248 valence electrons. The molecule has 3 N–H and O–H groups in total. The Bertz CT molecular complexity index is 1380. The van der Waals surface area contributed by atoms with E-state index in [4.69, 9.17) is 4.74 Å². The molecule has 2 aromatic carbocycles. The number of rotatable bonds is 10. The smallest absolute Gasteiger partial charge is 0.247 e. The van der Waals surface area contributed by atoms with Gasteiger partial charge in [-0.25, -0.2) is 0 Å². The molecule has 0 saturated carbocycles. The molecule has 10 heteroatoms. The molecule has 1 fully saturated rings. The number of hydrogen-bond acceptors (Lipinski definition) is 6. The number of nitrogens with zero attached hydrogens (tertiary/aromatic N) is 2. The molecule has 0 radical (unpaired) electrons. The van der Waals surface area contributed by atoms with E-state index in [2.05, 4.69) is 29.8 Å². The van der Waals surface area contributed by atoms with Gasteiger partial charge in [-0.05, 0) is 61.7 Å². The van der Waals surface area contributed by atoms with Crippen LogP contribution >= 0.6 is 0 Å². The lowest BCUT2D eigenvalue weighted by Crippen LogP contribution is -2.61. The average molecular weight is 632 g/mol. The van der Waals surface area contributed by atoms with E-state index >= 15 is 0 Å². The van der Waals surface area contributed by atoms with Gasteiger partial charge < -0.3 is 25.6 Å². The minimum atomic E-state index is -1.01. The molecule has 0 unspecified atom stereocenters. The van der Waals surface area contributed by atoms with Crippen LogP contribution in [0.2, 0.25) is 0 Å². The minimum Gasteiger partial charge on any atom is -0.488 e. The van der Waals surface area contributed by atoms with E-state index in [0.29, 0.717) is 25.0 Å². The highest BCUT2D eigenvalue weighted by atomic mass is 16.5. The Kier molecular flexibility index (Phi) is 12.0. The SMILES string of the molecule is CC[C@H](C)[C@@H](NC(=O)[C@H](CC(C)C)N(C)C)C(=O)N1CC[C@@H]2Oc3ccc(cc3)/C=C\NC(=O)[C@@H](Cc3ccccc3)NC(=O)[C@H]21. The molecule has 10 nitrogen and oxygen atoms in total. The monoisotopic (exact) mass is 631 g/mol. The Morgan fingerprint density at radius 1 is 1.02 bits per heavy atom. The van der Waals surface area contributed by atoms with Crippen molar-refractivity contribution in [2.24, 2.45) is 11.8 Å². The van der Waals surface area contributed by atoms with E-state index < -0.39 is 36.2 Å². The van der Waals surface area contributed by atoms with Crippen molar-refractivity contribution in [3.63, 3.8) is 0 Å². The lowest BCUT2D eigenvalue weighted by molar-refractivity contribution is -0.145. The molecule has 1 saturated heterocycles. The highest BCUT2D eigenvalue weighted by Crippen LogP contribution is 2.27. The molecular weight excluding hydrogens is 582 g/mol. The van der Waals surface area contributed by atoms with Crippen LogP contribution in [0.5, 0.6) is 5.75 Å². The van der Waals surface area contributed by atoms with E-state index in [9.17, 15) is 19.2 Å². The normalized spacial score (nSPS) is 22.6. The highest BCUT2D eigenvalue weighted by molar-refractivity contribution is 5.96. The van der Waals surface area contributed by atoms with Gasteiger partial charge in [0, 0.05) is 25.6 Å². The van der Waals surface area contributed by atoms with Crippen molar-refractivity contribution in [1.82, 2.24) is 25.8 Å². The van der Waals surface area contributed by atoms with Gasteiger partial charge in [0.05, 0.1) is 6.04 Å². The fraction of sp³-hybridized carbons (Fsp3) is 0.500. The molecule has 0 aliphatic carbocycles. The zero-order valence-corrected chi connectivity index (χ0v) is 27.9. The number of fused-ring (bicyclic) bond motifs is 7. The van der Waals surface area contributed by atoms with Gasteiger partial charge in [-0.1, -0.05) is 76.6 Å². The maximum absolute atomic E-state index is 14.4.